The lowest BCUT2D eigenvalue weighted by molar-refractivity contribution is -0.159. The van der Waals surface area contributed by atoms with E-state index in [4.69, 9.17) is 9.47 Å². The predicted molar refractivity (Wildman–Crippen MR) is 96.2 cm³/mol. The highest BCUT2D eigenvalue weighted by Gasteiger charge is 2.46. The molecule has 0 saturated carbocycles. The predicted octanol–water partition coefficient (Wildman–Crippen LogP) is 2.10. The maximum absolute atomic E-state index is 12.4. The molecule has 3 rings (SSSR count). The molecule has 1 N–H and O–H groups in total. The fourth-order valence-electron chi connectivity index (χ4n) is 3.27. The van der Waals surface area contributed by atoms with Gasteiger partial charge in [0.2, 0.25) is 0 Å². The normalized spacial score (nSPS) is 24.4. The molecule has 0 aromatic heterocycles. The summed E-state index contributed by atoms with van der Waals surface area (Å²) in [4.78, 5) is 26.4. The maximum Gasteiger partial charge on any atom is 0.410 e. The van der Waals surface area contributed by atoms with Crippen LogP contribution in [0.15, 0.2) is 30.3 Å². The summed E-state index contributed by atoms with van der Waals surface area (Å²) in [5.41, 5.74) is 3.82. The third-order valence-electron chi connectivity index (χ3n) is 4.54. The average molecular weight is 361 g/mol. The second-order valence-corrected chi connectivity index (χ2v) is 7.83. The molecule has 1 aromatic carbocycles. The van der Waals surface area contributed by atoms with Crippen LogP contribution in [0.2, 0.25) is 0 Å². The molecule has 2 fully saturated rings. The summed E-state index contributed by atoms with van der Waals surface area (Å²) in [6.45, 7) is 8.34. The van der Waals surface area contributed by atoms with Gasteiger partial charge in [0.05, 0.1) is 18.7 Å². The van der Waals surface area contributed by atoms with Gasteiger partial charge in [0.15, 0.2) is 0 Å². The number of fused-ring (bicyclic) bond motifs is 1. The van der Waals surface area contributed by atoms with E-state index < -0.39 is 5.60 Å². The highest BCUT2D eigenvalue weighted by molar-refractivity contribution is 5.78. The first kappa shape index (κ1) is 18.7. The Morgan fingerprint density at radius 2 is 1.96 bits per heavy atom. The minimum Gasteiger partial charge on any atom is -0.444 e. The minimum atomic E-state index is -0.554. The smallest absolute Gasteiger partial charge is 0.410 e. The third-order valence-corrected chi connectivity index (χ3v) is 4.54. The fraction of sp³-hybridized carbons (Fsp3) is 0.579. The molecule has 2 aliphatic rings. The minimum absolute atomic E-state index is 0.0117. The first-order chi connectivity index (χ1) is 12.2. The van der Waals surface area contributed by atoms with E-state index in [2.05, 4.69) is 5.43 Å². The van der Waals surface area contributed by atoms with E-state index >= 15 is 0 Å². The van der Waals surface area contributed by atoms with Crippen LogP contribution in [0.5, 0.6) is 0 Å². The number of amides is 2. The lowest BCUT2D eigenvalue weighted by Crippen LogP contribution is -2.60. The van der Waals surface area contributed by atoms with Gasteiger partial charge < -0.3 is 14.4 Å². The standard InChI is InChI=1S/C19H27N3O4/c1-13(14-8-6-5-7-9-14)20-22-15-10-21(18(24)26-19(2,3)4)11-16(15)25-12-17(22)23/h5-9,13,15-16,20H,10-12H2,1-4H3/t13-,15?,16?/m1/s1. The summed E-state index contributed by atoms with van der Waals surface area (Å²) in [7, 11) is 0. The molecular formula is C19H27N3O4. The zero-order chi connectivity index (χ0) is 18.9. The molecular weight excluding hydrogens is 334 g/mol. The van der Waals surface area contributed by atoms with Crippen LogP contribution in [0.1, 0.15) is 39.3 Å². The summed E-state index contributed by atoms with van der Waals surface area (Å²) < 4.78 is 11.1. The third kappa shape index (κ3) is 4.16. The van der Waals surface area contributed by atoms with Crippen LogP contribution in [0.4, 0.5) is 4.79 Å². The molecule has 2 heterocycles. The fourth-order valence-corrected chi connectivity index (χ4v) is 3.27. The molecule has 0 aliphatic carbocycles. The van der Waals surface area contributed by atoms with Gasteiger partial charge in [-0.05, 0) is 33.3 Å². The van der Waals surface area contributed by atoms with Crippen LogP contribution in [0.3, 0.4) is 0 Å². The van der Waals surface area contributed by atoms with Crippen molar-refractivity contribution >= 4 is 12.0 Å². The number of morpholine rings is 1. The van der Waals surface area contributed by atoms with E-state index in [1.807, 2.05) is 58.0 Å². The molecule has 0 bridgehead atoms. The SMILES string of the molecule is C[C@@H](NN1C(=O)COC2CN(C(=O)OC(C)(C)C)CC21)c1ccccc1. The second-order valence-electron chi connectivity index (χ2n) is 7.83. The summed E-state index contributed by atoms with van der Waals surface area (Å²) in [5.74, 6) is -0.125. The Morgan fingerprint density at radius 1 is 1.27 bits per heavy atom. The van der Waals surface area contributed by atoms with E-state index in [1.54, 1.807) is 9.91 Å². The van der Waals surface area contributed by atoms with Gasteiger partial charge in [-0.15, -0.1) is 0 Å². The Morgan fingerprint density at radius 3 is 2.62 bits per heavy atom. The molecule has 2 unspecified atom stereocenters. The van der Waals surface area contributed by atoms with Crippen LogP contribution >= 0.6 is 0 Å². The van der Waals surface area contributed by atoms with Crippen molar-refractivity contribution in [3.63, 3.8) is 0 Å². The zero-order valence-electron chi connectivity index (χ0n) is 15.8. The van der Waals surface area contributed by atoms with Gasteiger partial charge in [0, 0.05) is 12.6 Å². The highest BCUT2D eigenvalue weighted by atomic mass is 16.6. The first-order valence-electron chi connectivity index (χ1n) is 8.97. The molecule has 1 aromatic rings. The van der Waals surface area contributed by atoms with Crippen molar-refractivity contribution in [3.8, 4) is 0 Å². The number of hydrogen-bond acceptors (Lipinski definition) is 5. The van der Waals surface area contributed by atoms with Crippen LogP contribution in [0, 0.1) is 0 Å². The van der Waals surface area contributed by atoms with Crippen molar-refractivity contribution in [3.05, 3.63) is 35.9 Å². The number of nitrogens with zero attached hydrogens (tertiary/aromatic N) is 2. The van der Waals surface area contributed by atoms with E-state index in [9.17, 15) is 9.59 Å². The number of rotatable bonds is 3. The van der Waals surface area contributed by atoms with Crippen LogP contribution < -0.4 is 5.43 Å². The monoisotopic (exact) mass is 361 g/mol. The van der Waals surface area contributed by atoms with Gasteiger partial charge in [-0.25, -0.2) is 10.2 Å². The number of ether oxygens (including phenoxy) is 2. The maximum atomic E-state index is 12.4. The largest absolute Gasteiger partial charge is 0.444 e. The lowest BCUT2D eigenvalue weighted by atomic mass is 10.1. The summed E-state index contributed by atoms with van der Waals surface area (Å²) in [5, 5.41) is 1.64. The number of carbonyl (C=O) groups is 2. The zero-order valence-corrected chi connectivity index (χ0v) is 15.8. The Balaban J connectivity index is 1.69. The van der Waals surface area contributed by atoms with Crippen LogP contribution in [0.25, 0.3) is 0 Å². The molecule has 142 valence electrons. The van der Waals surface area contributed by atoms with E-state index in [-0.39, 0.29) is 36.8 Å². The summed E-state index contributed by atoms with van der Waals surface area (Å²) in [6.07, 6.45) is -0.588. The highest BCUT2D eigenvalue weighted by Crippen LogP contribution is 2.25. The Labute approximate surface area is 154 Å². The second kappa shape index (κ2) is 7.25. The summed E-state index contributed by atoms with van der Waals surface area (Å²) in [6, 6.07) is 9.67. The van der Waals surface area contributed by atoms with Gasteiger partial charge in [0.1, 0.15) is 12.2 Å². The lowest BCUT2D eigenvalue weighted by Gasteiger charge is -2.38. The van der Waals surface area contributed by atoms with Gasteiger partial charge in [-0.2, -0.15) is 0 Å². The van der Waals surface area contributed by atoms with Crippen LogP contribution in [-0.4, -0.2) is 59.4 Å². The Bertz CT molecular complexity index is 658. The number of hydrazine groups is 1. The molecule has 7 nitrogen and oxygen atoms in total. The van der Waals surface area contributed by atoms with Gasteiger partial charge in [-0.3, -0.25) is 9.80 Å². The quantitative estimate of drug-likeness (QED) is 0.893. The molecule has 26 heavy (non-hydrogen) atoms. The molecule has 0 spiro atoms. The number of nitrogens with one attached hydrogen (secondary N) is 1. The Hall–Kier alpha value is -2.12. The molecule has 7 heteroatoms. The molecule has 3 atom stereocenters. The van der Waals surface area contributed by atoms with Gasteiger partial charge >= 0.3 is 6.09 Å². The van der Waals surface area contributed by atoms with E-state index in [0.717, 1.165) is 5.56 Å². The topological polar surface area (TPSA) is 71.1 Å². The average Bonchev–Trinajstić information content (AvgIpc) is 3.01. The van der Waals surface area contributed by atoms with Crippen LogP contribution in [-0.2, 0) is 14.3 Å². The molecule has 2 aliphatic heterocycles. The summed E-state index contributed by atoms with van der Waals surface area (Å²) >= 11 is 0. The molecule has 2 saturated heterocycles. The van der Waals surface area contributed by atoms with Crippen molar-refractivity contribution < 1.29 is 19.1 Å². The van der Waals surface area contributed by atoms with Crippen molar-refractivity contribution in [2.24, 2.45) is 0 Å². The number of benzene rings is 1. The van der Waals surface area contributed by atoms with Gasteiger partial charge in [0.25, 0.3) is 5.91 Å². The van der Waals surface area contributed by atoms with Crippen molar-refractivity contribution in [1.29, 1.82) is 0 Å². The Kier molecular flexibility index (Phi) is 5.20. The molecule has 0 radical (unpaired) electrons. The van der Waals surface area contributed by atoms with E-state index in [1.165, 1.54) is 0 Å². The van der Waals surface area contributed by atoms with E-state index in [0.29, 0.717) is 13.1 Å². The first-order valence-corrected chi connectivity index (χ1v) is 8.97. The number of hydrogen-bond donors (Lipinski definition) is 1. The van der Waals surface area contributed by atoms with Crippen molar-refractivity contribution in [2.45, 2.75) is 51.5 Å². The van der Waals surface area contributed by atoms with Crippen molar-refractivity contribution in [2.75, 3.05) is 19.7 Å². The number of carbonyl (C=O) groups excluding carboxylic acids is 2. The number of likely N-dealkylation sites (tertiary alicyclic amines) is 1. The van der Waals surface area contributed by atoms with Gasteiger partial charge in [-0.1, -0.05) is 30.3 Å². The van der Waals surface area contributed by atoms with Crippen molar-refractivity contribution in [1.82, 2.24) is 15.3 Å². The molecule has 2 amide bonds.